The Bertz CT molecular complexity index is 1020. The Balaban J connectivity index is 2.01. The van der Waals surface area contributed by atoms with Gasteiger partial charge in [-0.2, -0.15) is 0 Å². The van der Waals surface area contributed by atoms with E-state index in [0.717, 1.165) is 49.2 Å². The van der Waals surface area contributed by atoms with Crippen LogP contribution in [-0.4, -0.2) is 19.9 Å². The van der Waals surface area contributed by atoms with E-state index in [2.05, 4.69) is 55.1 Å². The van der Waals surface area contributed by atoms with E-state index in [1.54, 1.807) is 0 Å². The van der Waals surface area contributed by atoms with E-state index in [1.165, 1.54) is 0 Å². The van der Waals surface area contributed by atoms with Gasteiger partial charge in [0.1, 0.15) is 0 Å². The maximum Gasteiger partial charge on any atom is 0.0734 e. The minimum atomic E-state index is 0.0151. The van der Waals surface area contributed by atoms with Crippen molar-refractivity contribution >= 4 is 54.9 Å². The topological polar surface area (TPSA) is 48.9 Å². The summed E-state index contributed by atoms with van der Waals surface area (Å²) in [5.41, 5.74) is 3.92. The van der Waals surface area contributed by atoms with Gasteiger partial charge in [-0.25, -0.2) is 4.98 Å². The van der Waals surface area contributed by atoms with Gasteiger partial charge < -0.3 is 10.1 Å². The predicted octanol–water partition coefficient (Wildman–Crippen LogP) is 3.21. The molecule has 1 aliphatic rings. The van der Waals surface area contributed by atoms with Crippen LogP contribution in [0.3, 0.4) is 0 Å². The first-order valence-electron chi connectivity index (χ1n) is 7.39. The quantitative estimate of drug-likeness (QED) is 0.609. The number of hydrogen-bond donors (Lipinski definition) is 2. The van der Waals surface area contributed by atoms with Gasteiger partial charge in [0.2, 0.25) is 0 Å². The van der Waals surface area contributed by atoms with Gasteiger partial charge in [-0.3, -0.25) is 0 Å². The van der Waals surface area contributed by atoms with Crippen molar-refractivity contribution in [3.8, 4) is 11.3 Å². The number of aromatic nitrogens is 2. The van der Waals surface area contributed by atoms with Crippen LogP contribution in [0.1, 0.15) is 12.0 Å². The summed E-state index contributed by atoms with van der Waals surface area (Å²) in [6.07, 6.45) is 7.15. The van der Waals surface area contributed by atoms with Crippen molar-refractivity contribution in [3.05, 3.63) is 51.1 Å². The number of nitrogens with zero attached hydrogens (tertiary/aromatic N) is 1. The summed E-state index contributed by atoms with van der Waals surface area (Å²) in [6.45, 7) is 0.0151. The molecule has 1 aromatic carbocycles. The number of benzene rings is 1. The third-order valence-corrected chi connectivity index (χ3v) is 5.28. The van der Waals surface area contributed by atoms with Crippen molar-refractivity contribution < 1.29 is 5.11 Å². The largest absolute Gasteiger partial charge is 0.392 e. The van der Waals surface area contributed by atoms with Gasteiger partial charge in [0, 0.05) is 37.2 Å². The summed E-state index contributed by atoms with van der Waals surface area (Å²) in [4.78, 5) is 8.41. The standard InChI is InChI=1S/C18H14Br2N2O/c19-11-2-4-16-14(6-11)15(8-21-16)17-5-10(9-23)13-3-1-12(20)7-18(13)22-17/h2-8,12,21,23H,1,9H2. The fourth-order valence-electron chi connectivity index (χ4n) is 3.04. The van der Waals surface area contributed by atoms with Crippen LogP contribution in [0.4, 0.5) is 0 Å². The Labute approximate surface area is 150 Å². The molecule has 2 heterocycles. The highest BCUT2D eigenvalue weighted by Gasteiger charge is 2.13. The van der Waals surface area contributed by atoms with E-state index in [9.17, 15) is 5.11 Å². The van der Waals surface area contributed by atoms with Crippen LogP contribution in [0.25, 0.3) is 34.3 Å². The summed E-state index contributed by atoms with van der Waals surface area (Å²) in [6, 6.07) is 8.13. The maximum absolute atomic E-state index is 9.75. The molecule has 23 heavy (non-hydrogen) atoms. The lowest BCUT2D eigenvalue weighted by Gasteiger charge is -2.10. The minimum absolute atomic E-state index is 0.0151. The first-order chi connectivity index (χ1) is 11.2. The van der Waals surface area contributed by atoms with Crippen molar-refractivity contribution in [2.75, 3.05) is 0 Å². The van der Waals surface area contributed by atoms with Crippen molar-refractivity contribution in [1.82, 2.24) is 9.97 Å². The average molecular weight is 434 g/mol. The second kappa shape index (κ2) is 5.89. The van der Waals surface area contributed by atoms with Gasteiger partial charge in [0.05, 0.1) is 17.6 Å². The molecule has 0 saturated heterocycles. The highest BCUT2D eigenvalue weighted by molar-refractivity contribution is 9.10. The second-order valence-corrected chi connectivity index (χ2v) is 7.73. The number of aliphatic hydroxyl groups is 1. The smallest absolute Gasteiger partial charge is 0.0734 e. The number of aliphatic hydroxyl groups excluding tert-OH is 1. The maximum atomic E-state index is 9.75. The number of H-pyrrole nitrogens is 1. The number of rotatable bonds is 2. The van der Waals surface area contributed by atoms with Crippen LogP contribution in [-0.2, 0) is 6.61 Å². The zero-order valence-corrected chi connectivity index (χ0v) is 15.4. The molecule has 0 aliphatic heterocycles. The number of nitrogens with one attached hydrogen (secondary N) is 1. The van der Waals surface area contributed by atoms with Gasteiger partial charge in [-0.1, -0.05) is 37.9 Å². The third-order valence-electron chi connectivity index (χ3n) is 4.15. The van der Waals surface area contributed by atoms with Crippen molar-refractivity contribution in [1.29, 1.82) is 0 Å². The minimum Gasteiger partial charge on any atom is -0.392 e. The van der Waals surface area contributed by atoms with Gasteiger partial charge >= 0.3 is 0 Å². The number of aromatic amines is 1. The Kier molecular flexibility index (Phi) is 3.87. The zero-order valence-electron chi connectivity index (χ0n) is 12.2. The van der Waals surface area contributed by atoms with E-state index in [1.807, 2.05) is 24.4 Å². The van der Waals surface area contributed by atoms with Crippen molar-refractivity contribution in [2.24, 2.45) is 0 Å². The van der Waals surface area contributed by atoms with Crippen LogP contribution < -0.4 is 10.6 Å². The lowest BCUT2D eigenvalue weighted by atomic mass is 10.0. The number of hydrogen-bond acceptors (Lipinski definition) is 2. The molecule has 0 spiro atoms. The molecule has 0 amide bonds. The third kappa shape index (κ3) is 2.67. The summed E-state index contributed by atoms with van der Waals surface area (Å²) in [5, 5.41) is 12.9. The number of pyridine rings is 1. The molecular formula is C18H14Br2N2O. The lowest BCUT2D eigenvalue weighted by molar-refractivity contribution is 0.280. The monoisotopic (exact) mass is 432 g/mol. The van der Waals surface area contributed by atoms with E-state index in [-0.39, 0.29) is 6.61 Å². The Morgan fingerprint density at radius 3 is 3.00 bits per heavy atom. The van der Waals surface area contributed by atoms with Gasteiger partial charge in [0.15, 0.2) is 0 Å². The highest BCUT2D eigenvalue weighted by Crippen LogP contribution is 2.29. The number of fused-ring (bicyclic) bond motifs is 2. The van der Waals surface area contributed by atoms with Crippen molar-refractivity contribution in [2.45, 2.75) is 17.9 Å². The van der Waals surface area contributed by atoms with Crippen LogP contribution in [0, 0.1) is 0 Å². The molecule has 3 nitrogen and oxygen atoms in total. The normalized spacial score (nSPS) is 16.7. The van der Waals surface area contributed by atoms with Crippen LogP contribution in [0.5, 0.6) is 0 Å². The van der Waals surface area contributed by atoms with Crippen LogP contribution >= 0.6 is 31.9 Å². The Hall–Kier alpha value is -1.43. The molecule has 1 atom stereocenters. The molecule has 116 valence electrons. The molecule has 1 unspecified atom stereocenters. The number of alkyl halides is 1. The summed E-state index contributed by atoms with van der Waals surface area (Å²) >= 11 is 7.15. The first-order valence-corrected chi connectivity index (χ1v) is 9.10. The molecule has 0 radical (unpaired) electrons. The Morgan fingerprint density at radius 1 is 1.30 bits per heavy atom. The zero-order chi connectivity index (χ0) is 16.0. The van der Waals surface area contributed by atoms with Gasteiger partial charge in [-0.05, 0) is 42.3 Å². The van der Waals surface area contributed by atoms with E-state index in [0.29, 0.717) is 4.83 Å². The Morgan fingerprint density at radius 2 is 2.17 bits per heavy atom. The molecule has 2 aromatic heterocycles. The highest BCUT2D eigenvalue weighted by atomic mass is 79.9. The molecule has 0 bridgehead atoms. The van der Waals surface area contributed by atoms with Crippen LogP contribution in [0.15, 0.2) is 34.9 Å². The van der Waals surface area contributed by atoms with Crippen LogP contribution in [0.2, 0.25) is 0 Å². The predicted molar refractivity (Wildman–Crippen MR) is 101 cm³/mol. The van der Waals surface area contributed by atoms with Crippen molar-refractivity contribution in [3.63, 3.8) is 0 Å². The average Bonchev–Trinajstić information content (AvgIpc) is 2.96. The fourth-order valence-corrected chi connectivity index (χ4v) is 3.83. The molecule has 2 N–H and O–H groups in total. The molecule has 0 saturated carbocycles. The van der Waals surface area contributed by atoms with E-state index in [4.69, 9.17) is 4.98 Å². The second-order valence-electron chi connectivity index (χ2n) is 5.64. The summed E-state index contributed by atoms with van der Waals surface area (Å²) in [7, 11) is 0. The molecule has 1 aliphatic carbocycles. The molecule has 0 fully saturated rings. The SMILES string of the molecule is OCc1cc(-c2c[nH]c3ccc(Br)cc23)nc2c1=CCC(Br)C=2. The summed E-state index contributed by atoms with van der Waals surface area (Å²) < 4.78 is 1.03. The number of halogens is 2. The van der Waals surface area contributed by atoms with Gasteiger partial charge in [-0.15, -0.1) is 0 Å². The van der Waals surface area contributed by atoms with E-state index < -0.39 is 0 Å². The van der Waals surface area contributed by atoms with E-state index >= 15 is 0 Å². The first kappa shape index (κ1) is 15.1. The summed E-state index contributed by atoms with van der Waals surface area (Å²) in [5.74, 6) is 0. The molecule has 5 heteroatoms. The van der Waals surface area contributed by atoms with Gasteiger partial charge in [0.25, 0.3) is 0 Å². The molecular weight excluding hydrogens is 420 g/mol. The molecule has 3 aromatic rings. The fraction of sp³-hybridized carbons (Fsp3) is 0.167. The lowest BCUT2D eigenvalue weighted by Crippen LogP contribution is -2.35. The molecule has 4 rings (SSSR count).